The molecule has 2 aromatic rings. The van der Waals surface area contributed by atoms with Gasteiger partial charge in [-0.15, -0.1) is 0 Å². The van der Waals surface area contributed by atoms with Crippen LogP contribution in [0.15, 0.2) is 36.4 Å². The summed E-state index contributed by atoms with van der Waals surface area (Å²) < 4.78 is 0. The van der Waals surface area contributed by atoms with E-state index in [0.717, 1.165) is 26.1 Å². The predicted molar refractivity (Wildman–Crippen MR) is 83.2 cm³/mol. The second-order valence-corrected chi connectivity index (χ2v) is 5.50. The molecular weight excluding hydrogens is 232 g/mol. The smallest absolute Gasteiger partial charge is 0.0205 e. The number of nitrogens with one attached hydrogen (secondary N) is 1. The maximum atomic E-state index is 5.56. The molecule has 0 saturated carbocycles. The highest BCUT2D eigenvalue weighted by Crippen LogP contribution is 2.17. The number of benzene rings is 2. The lowest BCUT2D eigenvalue weighted by Crippen LogP contribution is -2.22. The van der Waals surface area contributed by atoms with Crippen molar-refractivity contribution < 1.29 is 0 Å². The van der Waals surface area contributed by atoms with Crippen molar-refractivity contribution in [3.05, 3.63) is 47.5 Å². The molecule has 3 N–H and O–H groups in total. The van der Waals surface area contributed by atoms with E-state index in [9.17, 15) is 0 Å². The van der Waals surface area contributed by atoms with Crippen LogP contribution < -0.4 is 11.1 Å². The highest BCUT2D eigenvalue weighted by molar-refractivity contribution is 5.83. The highest BCUT2D eigenvalue weighted by Gasteiger charge is 2.01. The molecule has 0 bridgehead atoms. The molecule has 2 nitrogen and oxygen atoms in total. The zero-order chi connectivity index (χ0) is 13.7. The first-order valence-corrected chi connectivity index (χ1v) is 7.09. The Balaban J connectivity index is 1.96. The van der Waals surface area contributed by atoms with Crippen molar-refractivity contribution in [3.63, 3.8) is 0 Å². The quantitative estimate of drug-likeness (QED) is 0.833. The Morgan fingerprint density at radius 3 is 2.63 bits per heavy atom. The minimum Gasteiger partial charge on any atom is -0.330 e. The molecule has 0 amide bonds. The van der Waals surface area contributed by atoms with Gasteiger partial charge in [0.25, 0.3) is 0 Å². The fourth-order valence-electron chi connectivity index (χ4n) is 2.37. The van der Waals surface area contributed by atoms with Crippen LogP contribution >= 0.6 is 0 Å². The van der Waals surface area contributed by atoms with Gasteiger partial charge in [-0.2, -0.15) is 0 Å². The molecule has 0 radical (unpaired) electrons. The average Bonchev–Trinajstić information content (AvgIpc) is 2.39. The van der Waals surface area contributed by atoms with Crippen molar-refractivity contribution in [1.29, 1.82) is 0 Å². The molecule has 2 rings (SSSR count). The lowest BCUT2D eigenvalue weighted by molar-refractivity contribution is 0.487. The first kappa shape index (κ1) is 14.0. The van der Waals surface area contributed by atoms with E-state index in [-0.39, 0.29) is 0 Å². The van der Waals surface area contributed by atoms with E-state index in [4.69, 9.17) is 5.73 Å². The molecule has 1 unspecified atom stereocenters. The Morgan fingerprint density at radius 1 is 1.11 bits per heavy atom. The van der Waals surface area contributed by atoms with Gasteiger partial charge in [0, 0.05) is 6.54 Å². The lowest BCUT2D eigenvalue weighted by Gasteiger charge is -2.11. The standard InChI is InChI=1S/C17H24N2/c1-13-3-5-17-10-15(4-6-16(17)9-13)12-19-11-14(2)7-8-18/h3-6,9-10,14,19H,7-8,11-12,18H2,1-2H3. The number of hydrogen-bond donors (Lipinski definition) is 2. The summed E-state index contributed by atoms with van der Waals surface area (Å²) in [6.45, 7) is 7.11. The second-order valence-electron chi connectivity index (χ2n) is 5.50. The van der Waals surface area contributed by atoms with Crippen LogP contribution in [0.2, 0.25) is 0 Å². The van der Waals surface area contributed by atoms with Crippen LogP contribution in [0.3, 0.4) is 0 Å². The first-order chi connectivity index (χ1) is 9.19. The van der Waals surface area contributed by atoms with Gasteiger partial charge in [-0.3, -0.25) is 0 Å². The third kappa shape index (κ3) is 4.05. The van der Waals surface area contributed by atoms with Crippen molar-refractivity contribution in [2.45, 2.75) is 26.8 Å². The zero-order valence-electron chi connectivity index (χ0n) is 11.9. The number of nitrogens with two attached hydrogens (primary N) is 1. The Kier molecular flexibility index (Phi) is 4.94. The van der Waals surface area contributed by atoms with Crippen LogP contribution in [0.25, 0.3) is 10.8 Å². The molecule has 0 aliphatic carbocycles. The molecule has 1 atom stereocenters. The molecule has 0 fully saturated rings. The third-order valence-corrected chi connectivity index (χ3v) is 3.54. The van der Waals surface area contributed by atoms with Crippen molar-refractivity contribution in [2.75, 3.05) is 13.1 Å². The second kappa shape index (κ2) is 6.69. The average molecular weight is 256 g/mol. The molecule has 0 heterocycles. The van der Waals surface area contributed by atoms with Crippen LogP contribution in [0.4, 0.5) is 0 Å². The summed E-state index contributed by atoms with van der Waals surface area (Å²) in [5.41, 5.74) is 8.22. The van der Waals surface area contributed by atoms with E-state index in [1.807, 2.05) is 0 Å². The van der Waals surface area contributed by atoms with Gasteiger partial charge in [0.15, 0.2) is 0 Å². The number of hydrogen-bond acceptors (Lipinski definition) is 2. The summed E-state index contributed by atoms with van der Waals surface area (Å²) in [5.74, 6) is 0.646. The largest absolute Gasteiger partial charge is 0.330 e. The molecule has 0 aliphatic heterocycles. The van der Waals surface area contributed by atoms with Gasteiger partial charge >= 0.3 is 0 Å². The predicted octanol–water partition coefficient (Wildman–Crippen LogP) is 3.22. The minimum absolute atomic E-state index is 0.646. The first-order valence-electron chi connectivity index (χ1n) is 7.09. The molecule has 0 aromatic heterocycles. The van der Waals surface area contributed by atoms with Gasteiger partial charge in [-0.25, -0.2) is 0 Å². The number of rotatable bonds is 6. The Bertz CT molecular complexity index is 534. The Hall–Kier alpha value is -1.38. The number of fused-ring (bicyclic) bond motifs is 1. The molecule has 0 aliphatic rings. The molecule has 2 heteroatoms. The monoisotopic (exact) mass is 256 g/mol. The fourth-order valence-corrected chi connectivity index (χ4v) is 2.37. The Morgan fingerprint density at radius 2 is 1.84 bits per heavy atom. The van der Waals surface area contributed by atoms with Gasteiger partial charge in [0.2, 0.25) is 0 Å². The van der Waals surface area contributed by atoms with E-state index >= 15 is 0 Å². The minimum atomic E-state index is 0.646. The zero-order valence-corrected chi connectivity index (χ0v) is 11.9. The highest BCUT2D eigenvalue weighted by atomic mass is 14.9. The maximum absolute atomic E-state index is 5.56. The summed E-state index contributed by atoms with van der Waals surface area (Å²) in [6, 6.07) is 13.3. The van der Waals surface area contributed by atoms with Gasteiger partial charge < -0.3 is 11.1 Å². The fraction of sp³-hybridized carbons (Fsp3) is 0.412. The van der Waals surface area contributed by atoms with Gasteiger partial charge in [-0.1, -0.05) is 42.8 Å². The number of aryl methyl sites for hydroxylation is 1. The normalized spacial score (nSPS) is 12.8. The van der Waals surface area contributed by atoms with Crippen LogP contribution in [0.5, 0.6) is 0 Å². The molecule has 2 aromatic carbocycles. The van der Waals surface area contributed by atoms with Crippen LogP contribution in [-0.4, -0.2) is 13.1 Å². The summed E-state index contributed by atoms with van der Waals surface area (Å²) in [6.07, 6.45) is 1.09. The summed E-state index contributed by atoms with van der Waals surface area (Å²) >= 11 is 0. The van der Waals surface area contributed by atoms with Crippen LogP contribution in [0.1, 0.15) is 24.5 Å². The van der Waals surface area contributed by atoms with Gasteiger partial charge in [0.05, 0.1) is 0 Å². The van der Waals surface area contributed by atoms with Crippen molar-refractivity contribution in [2.24, 2.45) is 11.7 Å². The van der Waals surface area contributed by atoms with E-state index < -0.39 is 0 Å². The van der Waals surface area contributed by atoms with Gasteiger partial charge in [0.1, 0.15) is 0 Å². The van der Waals surface area contributed by atoms with Crippen molar-refractivity contribution in [1.82, 2.24) is 5.32 Å². The molecule has 102 valence electrons. The van der Waals surface area contributed by atoms with Crippen LogP contribution in [0, 0.1) is 12.8 Å². The van der Waals surface area contributed by atoms with Crippen molar-refractivity contribution in [3.8, 4) is 0 Å². The molecule has 19 heavy (non-hydrogen) atoms. The van der Waals surface area contributed by atoms with E-state index in [2.05, 4.69) is 55.6 Å². The topological polar surface area (TPSA) is 38.0 Å². The lowest BCUT2D eigenvalue weighted by atomic mass is 10.0. The summed E-state index contributed by atoms with van der Waals surface area (Å²) in [7, 11) is 0. The third-order valence-electron chi connectivity index (χ3n) is 3.54. The molecule has 0 saturated heterocycles. The SMILES string of the molecule is Cc1ccc2cc(CNCC(C)CCN)ccc2c1. The molecule has 0 spiro atoms. The van der Waals surface area contributed by atoms with E-state index in [0.29, 0.717) is 5.92 Å². The summed E-state index contributed by atoms with van der Waals surface area (Å²) in [5, 5.41) is 6.15. The van der Waals surface area contributed by atoms with E-state index in [1.54, 1.807) is 0 Å². The summed E-state index contributed by atoms with van der Waals surface area (Å²) in [4.78, 5) is 0. The van der Waals surface area contributed by atoms with Crippen LogP contribution in [-0.2, 0) is 6.54 Å². The Labute approximate surface area is 116 Å². The van der Waals surface area contributed by atoms with Crippen molar-refractivity contribution >= 4 is 10.8 Å². The molecular formula is C17H24N2. The van der Waals surface area contributed by atoms with E-state index in [1.165, 1.54) is 21.9 Å². The maximum Gasteiger partial charge on any atom is 0.0205 e. The van der Waals surface area contributed by atoms with Gasteiger partial charge in [-0.05, 0) is 54.8 Å².